The largest absolute Gasteiger partial charge is 0.497 e. The third-order valence-electron chi connectivity index (χ3n) is 5.74. The molecule has 1 aromatic heterocycles. The van der Waals surface area contributed by atoms with Crippen molar-refractivity contribution >= 4 is 23.4 Å². The number of ether oxygens (including phenoxy) is 4. The van der Waals surface area contributed by atoms with Crippen LogP contribution in [0, 0.1) is 0 Å². The third-order valence-corrected chi connectivity index (χ3v) is 6.67. The van der Waals surface area contributed by atoms with Crippen LogP contribution in [-0.2, 0) is 4.79 Å². The number of hydrogen-bond donors (Lipinski definition) is 1. The summed E-state index contributed by atoms with van der Waals surface area (Å²) in [5, 5.41) is 13.6. The van der Waals surface area contributed by atoms with Crippen LogP contribution in [0.4, 0.5) is 0 Å². The van der Waals surface area contributed by atoms with Gasteiger partial charge < -0.3 is 18.9 Å². The Balaban J connectivity index is 1.59. The second-order valence-electron chi connectivity index (χ2n) is 8.14. The van der Waals surface area contributed by atoms with Gasteiger partial charge in [-0.3, -0.25) is 9.36 Å². The average molecular weight is 548 g/mol. The number of methoxy groups -OCH3 is 4. The predicted molar refractivity (Wildman–Crippen MR) is 151 cm³/mol. The molecule has 0 aliphatic rings. The molecule has 0 atom stereocenters. The Bertz CT molecular complexity index is 1450. The number of hydrogen-bond acceptors (Lipinski definition) is 9. The van der Waals surface area contributed by atoms with E-state index in [1.54, 1.807) is 28.4 Å². The van der Waals surface area contributed by atoms with Gasteiger partial charge in [-0.15, -0.1) is 10.2 Å². The van der Waals surface area contributed by atoms with Crippen LogP contribution in [0.2, 0.25) is 0 Å². The van der Waals surface area contributed by atoms with Gasteiger partial charge in [-0.05, 0) is 43.3 Å². The number of carbonyl (C=O) groups is 1. The van der Waals surface area contributed by atoms with E-state index >= 15 is 0 Å². The minimum atomic E-state index is -0.279. The molecular weight excluding hydrogens is 518 g/mol. The van der Waals surface area contributed by atoms with E-state index in [9.17, 15) is 4.79 Å². The van der Waals surface area contributed by atoms with Gasteiger partial charge in [0.15, 0.2) is 22.5 Å². The summed E-state index contributed by atoms with van der Waals surface area (Å²) in [6.07, 6.45) is 0. The standard InChI is InChI=1S/C28H29N5O5S/c1-18(19-10-9-13-22(14-19)35-2)29-30-25(34)17-39-28-32-31-27(33(28)21-11-7-6-8-12-21)20-15-23(36-3)26(38-5)24(16-20)37-4/h6-16H,17H2,1-5H3,(H,30,34). The number of rotatable bonds is 11. The van der Waals surface area contributed by atoms with Crippen LogP contribution in [0.1, 0.15) is 12.5 Å². The summed E-state index contributed by atoms with van der Waals surface area (Å²) >= 11 is 1.25. The molecule has 10 nitrogen and oxygen atoms in total. The fourth-order valence-electron chi connectivity index (χ4n) is 3.79. The lowest BCUT2D eigenvalue weighted by Crippen LogP contribution is -2.21. The molecule has 39 heavy (non-hydrogen) atoms. The maximum atomic E-state index is 12.7. The van der Waals surface area contributed by atoms with Crippen LogP contribution in [-0.4, -0.2) is 60.6 Å². The van der Waals surface area contributed by atoms with E-state index in [0.717, 1.165) is 11.3 Å². The first-order chi connectivity index (χ1) is 19.0. The minimum Gasteiger partial charge on any atom is -0.497 e. The van der Waals surface area contributed by atoms with Crippen molar-refractivity contribution in [1.29, 1.82) is 0 Å². The maximum absolute atomic E-state index is 12.7. The first-order valence-corrected chi connectivity index (χ1v) is 12.9. The highest BCUT2D eigenvalue weighted by Crippen LogP contribution is 2.41. The number of amides is 1. The lowest BCUT2D eigenvalue weighted by molar-refractivity contribution is -0.118. The smallest absolute Gasteiger partial charge is 0.250 e. The lowest BCUT2D eigenvalue weighted by Gasteiger charge is -2.15. The minimum absolute atomic E-state index is 0.0785. The Labute approximate surface area is 231 Å². The quantitative estimate of drug-likeness (QED) is 0.165. The molecule has 202 valence electrons. The summed E-state index contributed by atoms with van der Waals surface area (Å²) in [6.45, 7) is 1.82. The molecule has 0 aliphatic carbocycles. The van der Waals surface area contributed by atoms with Crippen molar-refractivity contribution in [3.8, 4) is 40.1 Å². The van der Waals surface area contributed by atoms with Crippen molar-refractivity contribution in [3.05, 3.63) is 72.3 Å². The third kappa shape index (κ3) is 6.32. The molecule has 1 N–H and O–H groups in total. The fourth-order valence-corrected chi connectivity index (χ4v) is 4.54. The number of nitrogens with one attached hydrogen (secondary N) is 1. The highest BCUT2D eigenvalue weighted by atomic mass is 32.2. The van der Waals surface area contributed by atoms with Gasteiger partial charge in [-0.1, -0.05) is 42.1 Å². The second-order valence-corrected chi connectivity index (χ2v) is 9.09. The Morgan fingerprint density at radius 2 is 1.62 bits per heavy atom. The SMILES string of the molecule is COc1cccc(C(C)=NNC(=O)CSc2nnc(-c3cc(OC)c(OC)c(OC)c3)n2-c2ccccc2)c1. The van der Waals surface area contributed by atoms with Gasteiger partial charge in [-0.25, -0.2) is 5.43 Å². The number of nitrogens with zero attached hydrogens (tertiary/aromatic N) is 4. The molecule has 0 saturated carbocycles. The van der Waals surface area contributed by atoms with E-state index in [2.05, 4.69) is 20.7 Å². The van der Waals surface area contributed by atoms with Crippen LogP contribution in [0.15, 0.2) is 77.0 Å². The molecule has 0 aliphatic heterocycles. The number of benzene rings is 3. The van der Waals surface area contributed by atoms with E-state index in [1.165, 1.54) is 11.8 Å². The zero-order chi connectivity index (χ0) is 27.8. The molecule has 3 aromatic carbocycles. The van der Waals surface area contributed by atoms with Crippen molar-refractivity contribution in [2.75, 3.05) is 34.2 Å². The van der Waals surface area contributed by atoms with Gasteiger partial charge in [-0.2, -0.15) is 5.10 Å². The van der Waals surface area contributed by atoms with Gasteiger partial charge in [0.1, 0.15) is 5.75 Å². The van der Waals surface area contributed by atoms with Crippen molar-refractivity contribution in [2.45, 2.75) is 12.1 Å². The van der Waals surface area contributed by atoms with Gasteiger partial charge in [0, 0.05) is 16.8 Å². The van der Waals surface area contributed by atoms with Crippen molar-refractivity contribution in [1.82, 2.24) is 20.2 Å². The topological polar surface area (TPSA) is 109 Å². The molecule has 0 spiro atoms. The lowest BCUT2D eigenvalue weighted by atomic mass is 10.1. The van der Waals surface area contributed by atoms with Crippen molar-refractivity contribution < 1.29 is 23.7 Å². The molecule has 0 saturated heterocycles. The summed E-state index contributed by atoms with van der Waals surface area (Å²) < 4.78 is 23.6. The Kier molecular flexibility index (Phi) is 9.06. The zero-order valence-corrected chi connectivity index (χ0v) is 23.1. The van der Waals surface area contributed by atoms with Gasteiger partial charge in [0.2, 0.25) is 5.75 Å². The van der Waals surface area contributed by atoms with Gasteiger partial charge in [0.25, 0.3) is 5.91 Å². The number of para-hydroxylation sites is 1. The number of carbonyl (C=O) groups excluding carboxylic acids is 1. The second kappa shape index (κ2) is 12.8. The molecule has 0 radical (unpaired) electrons. The number of thioether (sulfide) groups is 1. The monoisotopic (exact) mass is 547 g/mol. The summed E-state index contributed by atoms with van der Waals surface area (Å²) in [6, 6.07) is 20.7. The normalized spacial score (nSPS) is 11.2. The molecule has 4 aromatic rings. The molecule has 11 heteroatoms. The van der Waals surface area contributed by atoms with Crippen LogP contribution in [0.3, 0.4) is 0 Å². The first-order valence-electron chi connectivity index (χ1n) is 11.9. The van der Waals surface area contributed by atoms with E-state index in [-0.39, 0.29) is 11.7 Å². The summed E-state index contributed by atoms with van der Waals surface area (Å²) in [7, 11) is 6.27. The summed E-state index contributed by atoms with van der Waals surface area (Å²) in [5.74, 6) is 2.53. The predicted octanol–water partition coefficient (Wildman–Crippen LogP) is 4.60. The molecule has 4 rings (SSSR count). The number of hydrazone groups is 1. The summed E-state index contributed by atoms with van der Waals surface area (Å²) in [5.41, 5.74) is 5.66. The van der Waals surface area contributed by atoms with E-state index in [4.69, 9.17) is 18.9 Å². The Morgan fingerprint density at radius 3 is 2.26 bits per heavy atom. The van der Waals surface area contributed by atoms with Crippen molar-refractivity contribution in [2.24, 2.45) is 5.10 Å². The summed E-state index contributed by atoms with van der Waals surface area (Å²) in [4.78, 5) is 12.7. The van der Waals surface area contributed by atoms with Crippen molar-refractivity contribution in [3.63, 3.8) is 0 Å². The molecule has 0 fully saturated rings. The van der Waals surface area contributed by atoms with E-state index in [0.29, 0.717) is 45.3 Å². The Morgan fingerprint density at radius 1 is 0.897 bits per heavy atom. The van der Waals surface area contributed by atoms with Gasteiger partial charge in [0.05, 0.1) is 39.9 Å². The van der Waals surface area contributed by atoms with Crippen LogP contribution in [0.5, 0.6) is 23.0 Å². The molecule has 1 heterocycles. The van der Waals surface area contributed by atoms with Gasteiger partial charge >= 0.3 is 0 Å². The van der Waals surface area contributed by atoms with Crippen LogP contribution in [0.25, 0.3) is 17.1 Å². The van der Waals surface area contributed by atoms with Crippen LogP contribution >= 0.6 is 11.8 Å². The van der Waals surface area contributed by atoms with E-state index < -0.39 is 0 Å². The Hall–Kier alpha value is -4.51. The number of aromatic nitrogens is 3. The zero-order valence-electron chi connectivity index (χ0n) is 22.3. The highest BCUT2D eigenvalue weighted by molar-refractivity contribution is 7.99. The molecule has 1 amide bonds. The highest BCUT2D eigenvalue weighted by Gasteiger charge is 2.21. The molecule has 0 unspecified atom stereocenters. The first kappa shape index (κ1) is 27.5. The fraction of sp³-hybridized carbons (Fsp3) is 0.214. The van der Waals surface area contributed by atoms with Crippen LogP contribution < -0.4 is 24.4 Å². The maximum Gasteiger partial charge on any atom is 0.250 e. The molecule has 0 bridgehead atoms. The van der Waals surface area contributed by atoms with E-state index in [1.807, 2.05) is 78.2 Å². The average Bonchev–Trinajstić information content (AvgIpc) is 3.42. The molecular formula is C28H29N5O5S.